The van der Waals surface area contributed by atoms with Crippen LogP contribution in [0.15, 0.2) is 42.5 Å². The molecule has 0 unspecified atom stereocenters. The minimum atomic E-state index is 0.733. The third-order valence-electron chi connectivity index (χ3n) is 11.4. The lowest BCUT2D eigenvalue weighted by Gasteiger charge is -2.19. The predicted molar refractivity (Wildman–Crippen MR) is 257 cm³/mol. The molecule has 0 amide bonds. The van der Waals surface area contributed by atoms with Gasteiger partial charge in [0.1, 0.15) is 11.5 Å². The maximum absolute atomic E-state index is 6.94. The molecular weight excluding hydrogens is 777 g/mol. The van der Waals surface area contributed by atoms with Gasteiger partial charge in [0.05, 0.1) is 29.4 Å². The second-order valence-corrected chi connectivity index (χ2v) is 20.8. The summed E-state index contributed by atoms with van der Waals surface area (Å²) in [5.41, 5.74) is 0. The Balaban J connectivity index is 1.25. The van der Waals surface area contributed by atoms with Gasteiger partial charge in [0.15, 0.2) is 5.06 Å². The molecule has 4 heterocycles. The number of ether oxygens (including phenoxy) is 3. The Kier molecular flexibility index (Phi) is 15.5. The van der Waals surface area contributed by atoms with E-state index >= 15 is 0 Å². The molecule has 3 nitrogen and oxygen atoms in total. The Hall–Kier alpha value is -2.84. The van der Waals surface area contributed by atoms with Crippen LogP contribution in [-0.2, 0) is 0 Å². The molecule has 57 heavy (non-hydrogen) atoms. The fourth-order valence-corrected chi connectivity index (χ4v) is 12.8. The van der Waals surface area contributed by atoms with Crippen molar-refractivity contribution in [3.05, 3.63) is 52.2 Å². The molecule has 0 aliphatic carbocycles. The van der Waals surface area contributed by atoms with Crippen molar-refractivity contribution in [2.75, 3.05) is 19.8 Å². The average Bonchev–Trinajstić information content (AvgIpc) is 3.98. The fourth-order valence-electron chi connectivity index (χ4n) is 8.23. The molecule has 0 radical (unpaired) electrons. The van der Waals surface area contributed by atoms with E-state index in [9.17, 15) is 0 Å². The summed E-state index contributed by atoms with van der Waals surface area (Å²) in [6, 6.07) is 16.6. The summed E-state index contributed by atoms with van der Waals surface area (Å²) in [6.07, 6.45) is 22.6. The number of hydrogen-bond donors (Lipinski definition) is 0. The molecule has 7 heteroatoms. The molecule has 0 N–H and O–H groups in total. The molecule has 0 fully saturated rings. The minimum absolute atomic E-state index is 0.733. The van der Waals surface area contributed by atoms with Gasteiger partial charge in [0.25, 0.3) is 0 Å². The van der Waals surface area contributed by atoms with Crippen LogP contribution in [-0.4, -0.2) is 19.8 Å². The van der Waals surface area contributed by atoms with E-state index in [0.717, 1.165) is 55.6 Å². The molecule has 0 aliphatic rings. The number of fused-ring (bicyclic) bond motifs is 5. The van der Waals surface area contributed by atoms with Gasteiger partial charge < -0.3 is 14.2 Å². The Bertz CT molecular complexity index is 2240. The summed E-state index contributed by atoms with van der Waals surface area (Å²) in [6.45, 7) is 13.6. The molecular formula is C50H64O3S4. The lowest BCUT2D eigenvalue weighted by atomic mass is 9.98. The third kappa shape index (κ3) is 10.3. The Morgan fingerprint density at radius 1 is 0.421 bits per heavy atom. The van der Waals surface area contributed by atoms with Crippen LogP contribution in [0.4, 0.5) is 0 Å². The molecule has 0 spiro atoms. The van der Waals surface area contributed by atoms with Crippen LogP contribution in [0.3, 0.4) is 0 Å². The highest BCUT2D eigenvalue weighted by Crippen LogP contribution is 2.51. The maximum Gasteiger partial charge on any atom is 0.175 e. The summed E-state index contributed by atoms with van der Waals surface area (Å²) in [5.74, 6) is 2.03. The van der Waals surface area contributed by atoms with Gasteiger partial charge in [-0.25, -0.2) is 0 Å². The standard InChI is InChI=1S/C50H64O3S4/c1-6-9-12-15-18-21-24-51-46-33-38-35(5)55-50(49(38)57-46)45-30-37-29-40-42(32-44(37)56-45)47(52-25-22-19-16-13-10-7-2)39-28-36-27-34(4)54-43(36)31-41(39)48(40)53-26-23-20-17-14-11-8-3/h27-33H,6-26H2,1-5H3. The van der Waals surface area contributed by atoms with Gasteiger partial charge in [-0.2, -0.15) is 0 Å². The van der Waals surface area contributed by atoms with Gasteiger partial charge >= 0.3 is 0 Å². The van der Waals surface area contributed by atoms with Gasteiger partial charge in [-0.3, -0.25) is 0 Å². The second kappa shape index (κ2) is 20.9. The van der Waals surface area contributed by atoms with Crippen molar-refractivity contribution in [1.29, 1.82) is 0 Å². The summed E-state index contributed by atoms with van der Waals surface area (Å²) in [4.78, 5) is 5.40. The molecule has 0 atom stereocenters. The van der Waals surface area contributed by atoms with E-state index in [1.165, 1.54) is 168 Å². The zero-order valence-electron chi connectivity index (χ0n) is 35.2. The summed E-state index contributed by atoms with van der Waals surface area (Å²) in [7, 11) is 0. The molecule has 0 saturated carbocycles. The van der Waals surface area contributed by atoms with Gasteiger partial charge in [0.2, 0.25) is 0 Å². The molecule has 0 saturated heterocycles. The maximum atomic E-state index is 6.94. The first-order valence-corrected chi connectivity index (χ1v) is 25.5. The van der Waals surface area contributed by atoms with E-state index < -0.39 is 0 Å². The largest absolute Gasteiger partial charge is 0.492 e. The van der Waals surface area contributed by atoms with Gasteiger partial charge in [-0.1, -0.05) is 128 Å². The summed E-state index contributed by atoms with van der Waals surface area (Å²) < 4.78 is 24.2. The zero-order chi connectivity index (χ0) is 39.6. The lowest BCUT2D eigenvalue weighted by Crippen LogP contribution is -2.02. The number of thiophene rings is 4. The van der Waals surface area contributed by atoms with Crippen LogP contribution in [0.5, 0.6) is 16.6 Å². The normalized spacial score (nSPS) is 12.0. The number of rotatable bonds is 25. The van der Waals surface area contributed by atoms with Gasteiger partial charge in [0, 0.05) is 57.0 Å². The predicted octanol–water partition coefficient (Wildman–Crippen LogP) is 18.2. The number of hydrogen-bond acceptors (Lipinski definition) is 7. The molecule has 4 aromatic heterocycles. The van der Waals surface area contributed by atoms with Crippen molar-refractivity contribution in [2.24, 2.45) is 0 Å². The number of benzene rings is 3. The molecule has 7 aromatic rings. The highest BCUT2D eigenvalue weighted by Gasteiger charge is 2.22. The quantitative estimate of drug-likeness (QED) is 0.0424. The molecule has 0 bridgehead atoms. The van der Waals surface area contributed by atoms with Crippen molar-refractivity contribution in [1.82, 2.24) is 0 Å². The number of unbranched alkanes of at least 4 members (excludes halogenated alkanes) is 15. The zero-order valence-corrected chi connectivity index (χ0v) is 38.5. The van der Waals surface area contributed by atoms with Crippen LogP contribution < -0.4 is 14.2 Å². The van der Waals surface area contributed by atoms with Crippen molar-refractivity contribution in [3.8, 4) is 26.3 Å². The Morgan fingerprint density at radius 2 is 0.895 bits per heavy atom. The average molecular weight is 841 g/mol. The van der Waals surface area contributed by atoms with E-state index in [2.05, 4.69) is 77.1 Å². The van der Waals surface area contributed by atoms with Crippen molar-refractivity contribution >= 4 is 97.2 Å². The van der Waals surface area contributed by atoms with Gasteiger partial charge in [-0.15, -0.1) is 34.0 Å². The molecule has 0 aliphatic heterocycles. The first-order valence-electron chi connectivity index (χ1n) is 22.3. The SMILES string of the molecule is CCCCCCCCOc1cc2c(C)sc(-c3cc4cc5c(OCCCCCCCC)c6cc7sc(C)cc7cc6c(OCCCCCCCC)c5cc4s3)c2s1. The van der Waals surface area contributed by atoms with E-state index in [1.807, 2.05) is 45.3 Å². The first kappa shape index (κ1) is 42.3. The van der Waals surface area contributed by atoms with Crippen LogP contribution in [0.1, 0.15) is 146 Å². The fraction of sp³-hybridized carbons (Fsp3) is 0.520. The highest BCUT2D eigenvalue weighted by atomic mass is 32.1. The van der Waals surface area contributed by atoms with E-state index in [0.29, 0.717) is 0 Å². The first-order chi connectivity index (χ1) is 28.0. The van der Waals surface area contributed by atoms with Crippen LogP contribution in [0, 0.1) is 13.8 Å². The Morgan fingerprint density at radius 3 is 1.46 bits per heavy atom. The van der Waals surface area contributed by atoms with E-state index in [1.54, 1.807) is 0 Å². The molecule has 306 valence electrons. The number of aryl methyl sites for hydroxylation is 2. The smallest absolute Gasteiger partial charge is 0.175 e. The van der Waals surface area contributed by atoms with Crippen LogP contribution >= 0.6 is 45.3 Å². The minimum Gasteiger partial charge on any atom is -0.492 e. The van der Waals surface area contributed by atoms with Crippen molar-refractivity contribution < 1.29 is 14.2 Å². The van der Waals surface area contributed by atoms with Crippen LogP contribution in [0.2, 0.25) is 0 Å². The lowest BCUT2D eigenvalue weighted by molar-refractivity contribution is 0.306. The van der Waals surface area contributed by atoms with E-state index in [-0.39, 0.29) is 0 Å². The third-order valence-corrected chi connectivity index (χ3v) is 16.0. The summed E-state index contributed by atoms with van der Waals surface area (Å²) in [5, 5.41) is 9.66. The van der Waals surface area contributed by atoms with E-state index in [4.69, 9.17) is 14.2 Å². The highest BCUT2D eigenvalue weighted by molar-refractivity contribution is 7.31. The second-order valence-electron chi connectivity index (χ2n) is 16.1. The monoisotopic (exact) mass is 840 g/mol. The topological polar surface area (TPSA) is 27.7 Å². The summed E-state index contributed by atoms with van der Waals surface area (Å²) >= 11 is 7.53. The van der Waals surface area contributed by atoms with Crippen molar-refractivity contribution in [2.45, 2.75) is 150 Å². The molecule has 3 aromatic carbocycles. The van der Waals surface area contributed by atoms with Crippen LogP contribution in [0.25, 0.3) is 61.6 Å². The Labute approximate surface area is 357 Å². The van der Waals surface area contributed by atoms with Gasteiger partial charge in [-0.05, 0) is 80.3 Å². The van der Waals surface area contributed by atoms with Crippen molar-refractivity contribution in [3.63, 3.8) is 0 Å². The molecule has 7 rings (SSSR count).